The van der Waals surface area contributed by atoms with Crippen LogP contribution in [-0.2, 0) is 10.1 Å². The Morgan fingerprint density at radius 3 is 2.22 bits per heavy atom. The molecule has 0 aromatic heterocycles. The van der Waals surface area contributed by atoms with Gasteiger partial charge in [-0.2, -0.15) is 0 Å². The van der Waals surface area contributed by atoms with Crippen molar-refractivity contribution in [2.45, 2.75) is 4.90 Å². The predicted molar refractivity (Wildman–Crippen MR) is 150 cm³/mol. The average Bonchev–Trinajstić information content (AvgIpc) is 2.96. The van der Waals surface area contributed by atoms with Crippen LogP contribution in [0, 0.1) is 0 Å². The number of para-hydroxylation sites is 1. The van der Waals surface area contributed by atoms with Crippen molar-refractivity contribution in [3.05, 3.63) is 126 Å². The second kappa shape index (κ2) is 10.4. The third kappa shape index (κ3) is 5.31. The lowest BCUT2D eigenvalue weighted by atomic mass is 9.90. The first-order valence-corrected chi connectivity index (χ1v) is 14.0. The number of hydrogen-bond donors (Lipinski definition) is 2. The molecule has 1 aliphatic carbocycles. The van der Waals surface area contributed by atoms with Gasteiger partial charge in [0.2, 0.25) is 11.0 Å². The highest BCUT2D eigenvalue weighted by Gasteiger charge is 2.20. The maximum atomic E-state index is 12.1. The fraction of sp³-hybridized carbons (Fsp3) is 0. The van der Waals surface area contributed by atoms with Crippen LogP contribution in [0.15, 0.2) is 125 Å². The third-order valence-corrected chi connectivity index (χ3v) is 7.48. The van der Waals surface area contributed by atoms with E-state index in [2.05, 4.69) is 10.3 Å². The number of anilines is 2. The van der Waals surface area contributed by atoms with Gasteiger partial charge in [0.1, 0.15) is 21.5 Å². The Kier molecular flexibility index (Phi) is 6.58. The Balaban J connectivity index is 1.56. The molecule has 1 heterocycles. The Bertz CT molecular complexity index is 2070. The molecular formula is C32H21N2O6S-. The largest absolute Gasteiger partial charge is 0.744 e. The van der Waals surface area contributed by atoms with E-state index < -0.39 is 16.1 Å². The molecule has 6 rings (SSSR count). The van der Waals surface area contributed by atoms with Crippen LogP contribution in [0.3, 0.4) is 0 Å². The molecule has 41 heavy (non-hydrogen) atoms. The van der Waals surface area contributed by atoms with E-state index in [1.807, 2.05) is 54.6 Å². The summed E-state index contributed by atoms with van der Waals surface area (Å²) in [5.74, 6) is -0.798. The molecule has 0 saturated carbocycles. The van der Waals surface area contributed by atoms with E-state index in [0.29, 0.717) is 39.1 Å². The lowest BCUT2D eigenvalue weighted by Gasteiger charge is -2.18. The molecule has 0 bridgehead atoms. The Morgan fingerprint density at radius 1 is 0.756 bits per heavy atom. The van der Waals surface area contributed by atoms with Crippen molar-refractivity contribution < 1.29 is 32.3 Å². The van der Waals surface area contributed by atoms with Crippen molar-refractivity contribution in [3.63, 3.8) is 0 Å². The van der Waals surface area contributed by atoms with Crippen molar-refractivity contribution in [1.29, 1.82) is 0 Å². The summed E-state index contributed by atoms with van der Waals surface area (Å²) >= 11 is 0. The highest BCUT2D eigenvalue weighted by Crippen LogP contribution is 2.41. The lowest BCUT2D eigenvalue weighted by molar-refractivity contribution is -0.402. The molecule has 2 N–H and O–H groups in total. The minimum Gasteiger partial charge on any atom is -0.744 e. The van der Waals surface area contributed by atoms with Gasteiger partial charge in [-0.1, -0.05) is 42.5 Å². The predicted octanol–water partition coefficient (Wildman–Crippen LogP) is 3.53. The number of benzene rings is 5. The van der Waals surface area contributed by atoms with Crippen LogP contribution >= 0.6 is 0 Å². The molecule has 8 nitrogen and oxygen atoms in total. The number of rotatable bonds is 6. The lowest BCUT2D eigenvalue weighted by Crippen LogP contribution is -2.70. The van der Waals surface area contributed by atoms with E-state index in [0.717, 1.165) is 16.8 Å². The van der Waals surface area contributed by atoms with Crippen molar-refractivity contribution in [3.8, 4) is 22.5 Å². The van der Waals surface area contributed by atoms with Crippen LogP contribution in [0.2, 0.25) is 0 Å². The van der Waals surface area contributed by atoms with Crippen molar-refractivity contribution in [2.24, 2.45) is 0 Å². The zero-order valence-electron chi connectivity index (χ0n) is 21.3. The molecule has 0 amide bonds. The second-order valence-electron chi connectivity index (χ2n) is 9.33. The number of carboxylic acids is 1. The normalized spacial score (nSPS) is 12.1. The average molecular weight is 562 g/mol. The number of hydrogen-bond acceptors (Lipinski definition) is 7. The first kappa shape index (κ1) is 26.0. The van der Waals surface area contributed by atoms with Crippen LogP contribution in [-0.4, -0.2) is 18.9 Å². The number of aromatic carboxylic acids is 1. The Hall–Kier alpha value is -5.25. The summed E-state index contributed by atoms with van der Waals surface area (Å²) < 4.78 is 40.2. The van der Waals surface area contributed by atoms with E-state index in [4.69, 9.17) is 4.42 Å². The molecule has 9 heteroatoms. The van der Waals surface area contributed by atoms with Crippen LogP contribution < -0.4 is 20.8 Å². The molecule has 0 saturated heterocycles. The molecule has 0 fully saturated rings. The van der Waals surface area contributed by atoms with Gasteiger partial charge in [-0.3, -0.25) is 0 Å². The van der Waals surface area contributed by atoms with Crippen molar-refractivity contribution in [2.75, 3.05) is 5.32 Å². The highest BCUT2D eigenvalue weighted by atomic mass is 32.2. The minimum absolute atomic E-state index is 0.0587. The molecule has 2 aliphatic rings. The number of carbonyl (C=O) groups is 1. The number of fused-ring (bicyclic) bond motifs is 2. The summed E-state index contributed by atoms with van der Waals surface area (Å²) in [5, 5.41) is 16.8. The number of carboxylic acid groups (broad SMARTS) is 1. The van der Waals surface area contributed by atoms with Gasteiger partial charge in [0.05, 0.1) is 16.9 Å². The fourth-order valence-corrected chi connectivity index (χ4v) is 5.24. The smallest absolute Gasteiger partial charge is 0.207 e. The van der Waals surface area contributed by atoms with E-state index >= 15 is 0 Å². The van der Waals surface area contributed by atoms with E-state index in [-0.39, 0.29) is 10.5 Å². The van der Waals surface area contributed by atoms with E-state index in [1.54, 1.807) is 30.3 Å². The molecule has 4 aromatic carbocycles. The highest BCUT2D eigenvalue weighted by molar-refractivity contribution is 7.85. The number of carbonyl (C=O) groups excluding carboxylic acids is 1. The topological polar surface area (TPSA) is 136 Å². The molecular weight excluding hydrogens is 540 g/mol. The van der Waals surface area contributed by atoms with E-state index in [1.165, 1.54) is 30.3 Å². The van der Waals surface area contributed by atoms with Crippen LogP contribution in [0.4, 0.5) is 17.1 Å². The van der Waals surface area contributed by atoms with E-state index in [9.17, 15) is 22.9 Å². The van der Waals surface area contributed by atoms with Gasteiger partial charge < -0.3 is 24.2 Å². The molecule has 0 spiro atoms. The van der Waals surface area contributed by atoms with Crippen LogP contribution in [0.5, 0.6) is 0 Å². The summed E-state index contributed by atoms with van der Waals surface area (Å²) in [6, 6.07) is 32.9. The quantitative estimate of drug-likeness (QED) is 0.235. The van der Waals surface area contributed by atoms with Gasteiger partial charge in [0, 0.05) is 57.7 Å². The summed E-state index contributed by atoms with van der Waals surface area (Å²) in [6.45, 7) is 0. The standard InChI is InChI=1S/C32H22N2O6S/c35-32(36)26-9-5-4-8-25(26)31-27-16-12-22(33-20-6-2-1-3-7-20)18-29(27)40-30-19-23(13-17-28(30)31)34-21-10-14-24(15-11-21)41(37,38)39/h1-19,33H,(H,35,36)(H,37,38,39)/p-1. The zero-order valence-corrected chi connectivity index (χ0v) is 22.1. The van der Waals surface area contributed by atoms with Crippen LogP contribution in [0.1, 0.15) is 10.4 Å². The van der Waals surface area contributed by atoms with Gasteiger partial charge in [0.15, 0.2) is 0 Å². The molecule has 202 valence electrons. The van der Waals surface area contributed by atoms with Gasteiger partial charge >= 0.3 is 0 Å². The zero-order chi connectivity index (χ0) is 28.6. The maximum absolute atomic E-state index is 12.1. The first-order chi connectivity index (χ1) is 19.8. The van der Waals surface area contributed by atoms with Gasteiger partial charge in [-0.25, -0.2) is 13.4 Å². The second-order valence-corrected chi connectivity index (χ2v) is 10.7. The van der Waals surface area contributed by atoms with Crippen LogP contribution in [0.25, 0.3) is 33.4 Å². The fourth-order valence-electron chi connectivity index (χ4n) is 4.77. The van der Waals surface area contributed by atoms with Gasteiger partial charge in [0.25, 0.3) is 0 Å². The number of nitrogens with one attached hydrogen (secondary N) is 2. The molecule has 0 radical (unpaired) electrons. The first-order valence-electron chi connectivity index (χ1n) is 12.6. The van der Waals surface area contributed by atoms with Crippen molar-refractivity contribution in [1.82, 2.24) is 0 Å². The summed E-state index contributed by atoms with van der Waals surface area (Å²) in [4.78, 5) is 14.9. The third-order valence-electron chi connectivity index (χ3n) is 6.63. The van der Waals surface area contributed by atoms with Gasteiger partial charge in [-0.05, 0) is 48.0 Å². The minimum atomic E-state index is -4.55. The molecule has 0 atom stereocenters. The summed E-state index contributed by atoms with van der Waals surface area (Å²) in [5.41, 5.74) is 4.71. The Morgan fingerprint density at radius 2 is 1.49 bits per heavy atom. The molecule has 0 unspecified atom stereocenters. The molecule has 1 aliphatic heterocycles. The summed E-state index contributed by atoms with van der Waals surface area (Å²) in [6.07, 6.45) is 0. The van der Waals surface area contributed by atoms with Crippen molar-refractivity contribution >= 4 is 44.1 Å². The maximum Gasteiger partial charge on any atom is 0.207 e. The SMILES string of the molecule is O=C([O-])c1ccccc1-c1c2ccc(=[NH+]c3ccc(S(=O)(=O)[O-])cc3)cc-2oc2cc(Nc3ccccc3)ccc12. The Labute approximate surface area is 235 Å². The summed E-state index contributed by atoms with van der Waals surface area (Å²) in [7, 11) is -4.55. The molecule has 4 aromatic rings. The van der Waals surface area contributed by atoms with Gasteiger partial charge in [-0.15, -0.1) is 0 Å². The monoisotopic (exact) mass is 561 g/mol.